The quantitative estimate of drug-likeness (QED) is 0.854. The van der Waals surface area contributed by atoms with Gasteiger partial charge in [0.2, 0.25) is 5.91 Å². The van der Waals surface area contributed by atoms with Crippen LogP contribution in [0.3, 0.4) is 0 Å². The highest BCUT2D eigenvalue weighted by Crippen LogP contribution is 2.31. The molecule has 0 radical (unpaired) electrons. The monoisotopic (exact) mass is 262 g/mol. The molecule has 0 saturated heterocycles. The molecule has 0 heterocycles. The van der Waals surface area contributed by atoms with Crippen LogP contribution in [0.15, 0.2) is 24.3 Å². The lowest BCUT2D eigenvalue weighted by atomic mass is 9.95. The van der Waals surface area contributed by atoms with Crippen molar-refractivity contribution in [2.45, 2.75) is 25.9 Å². The number of nitrogens with one attached hydrogen (secondary N) is 1. The Morgan fingerprint density at radius 3 is 3.05 bits per heavy atom. The van der Waals surface area contributed by atoms with Crippen LogP contribution in [0.1, 0.15) is 24.8 Å². The van der Waals surface area contributed by atoms with Crippen molar-refractivity contribution in [3.05, 3.63) is 29.8 Å². The van der Waals surface area contributed by atoms with E-state index in [0.29, 0.717) is 19.1 Å². The van der Waals surface area contributed by atoms with Gasteiger partial charge in [0.05, 0.1) is 6.61 Å². The summed E-state index contributed by atoms with van der Waals surface area (Å²) in [6.07, 6.45) is 3.12. The topological polar surface area (TPSA) is 64.3 Å². The second kappa shape index (κ2) is 6.68. The van der Waals surface area contributed by atoms with E-state index < -0.39 is 0 Å². The number of benzene rings is 1. The maximum atomic E-state index is 12.3. The van der Waals surface area contributed by atoms with E-state index >= 15 is 0 Å². The predicted molar refractivity (Wildman–Crippen MR) is 75.7 cm³/mol. The van der Waals surface area contributed by atoms with Gasteiger partial charge >= 0.3 is 0 Å². The zero-order valence-corrected chi connectivity index (χ0v) is 11.4. The van der Waals surface area contributed by atoms with E-state index in [1.807, 2.05) is 24.3 Å². The Balaban J connectivity index is 2.00. The summed E-state index contributed by atoms with van der Waals surface area (Å²) in [7, 11) is 1.66. The number of rotatable bonds is 5. The van der Waals surface area contributed by atoms with Crippen molar-refractivity contribution in [3.63, 3.8) is 0 Å². The first-order valence-corrected chi connectivity index (χ1v) is 6.83. The van der Waals surface area contributed by atoms with Gasteiger partial charge in [-0.3, -0.25) is 4.79 Å². The Morgan fingerprint density at radius 2 is 2.32 bits per heavy atom. The predicted octanol–water partition coefficient (Wildman–Crippen LogP) is 2.15. The molecule has 0 unspecified atom stereocenters. The van der Waals surface area contributed by atoms with Crippen molar-refractivity contribution in [3.8, 4) is 0 Å². The van der Waals surface area contributed by atoms with E-state index in [0.717, 1.165) is 30.5 Å². The van der Waals surface area contributed by atoms with Crippen molar-refractivity contribution in [1.82, 2.24) is 0 Å². The summed E-state index contributed by atoms with van der Waals surface area (Å²) in [5.41, 5.74) is 7.62. The molecule has 104 valence electrons. The second-order valence-electron chi connectivity index (χ2n) is 5.16. The molecule has 2 rings (SSSR count). The fourth-order valence-electron chi connectivity index (χ4n) is 2.80. The zero-order chi connectivity index (χ0) is 13.7. The summed E-state index contributed by atoms with van der Waals surface area (Å²) in [5.74, 6) is 0.501. The highest BCUT2D eigenvalue weighted by molar-refractivity contribution is 5.93. The number of carbonyl (C=O) groups is 1. The van der Waals surface area contributed by atoms with Crippen LogP contribution in [0.4, 0.5) is 5.69 Å². The first kappa shape index (κ1) is 14.0. The largest absolute Gasteiger partial charge is 0.380 e. The number of carbonyl (C=O) groups excluding carboxylic acids is 1. The maximum absolute atomic E-state index is 12.3. The number of hydrogen-bond acceptors (Lipinski definition) is 3. The van der Waals surface area contributed by atoms with Gasteiger partial charge in [-0.05, 0) is 43.0 Å². The Labute approximate surface area is 114 Å². The maximum Gasteiger partial charge on any atom is 0.227 e. The third kappa shape index (κ3) is 3.55. The first-order chi connectivity index (χ1) is 9.24. The molecule has 0 bridgehead atoms. The van der Waals surface area contributed by atoms with Crippen molar-refractivity contribution in [2.24, 2.45) is 17.6 Å². The van der Waals surface area contributed by atoms with Gasteiger partial charge in [0, 0.05) is 18.7 Å². The van der Waals surface area contributed by atoms with Crippen LogP contribution < -0.4 is 11.1 Å². The van der Waals surface area contributed by atoms with Gasteiger partial charge < -0.3 is 15.8 Å². The lowest BCUT2D eigenvalue weighted by Gasteiger charge is -2.17. The third-order valence-corrected chi connectivity index (χ3v) is 3.80. The molecule has 1 amide bonds. The zero-order valence-electron chi connectivity index (χ0n) is 11.4. The van der Waals surface area contributed by atoms with Crippen molar-refractivity contribution in [1.29, 1.82) is 0 Å². The van der Waals surface area contributed by atoms with E-state index in [1.54, 1.807) is 7.11 Å². The molecule has 0 spiro atoms. The molecule has 3 N–H and O–H groups in total. The summed E-state index contributed by atoms with van der Waals surface area (Å²) in [4.78, 5) is 12.3. The summed E-state index contributed by atoms with van der Waals surface area (Å²) >= 11 is 0. The van der Waals surface area contributed by atoms with Gasteiger partial charge in [-0.2, -0.15) is 0 Å². The summed E-state index contributed by atoms with van der Waals surface area (Å²) in [6, 6.07) is 7.77. The average molecular weight is 262 g/mol. The van der Waals surface area contributed by atoms with Gasteiger partial charge in [0.15, 0.2) is 0 Å². The molecule has 4 heteroatoms. The molecule has 1 aliphatic rings. The van der Waals surface area contributed by atoms with Gasteiger partial charge in [0.1, 0.15) is 0 Å². The number of hydrogen-bond donors (Lipinski definition) is 2. The highest BCUT2D eigenvalue weighted by Gasteiger charge is 2.31. The van der Waals surface area contributed by atoms with Crippen LogP contribution in [0.25, 0.3) is 0 Å². The standard InChI is InChI=1S/C15H22N2O2/c1-19-10-11-4-2-6-13(8-11)17-15(18)14-7-3-5-12(14)9-16/h2,4,6,8,12,14H,3,5,7,9-10,16H2,1H3,(H,17,18)/t12-,14-/m1/s1. The van der Waals surface area contributed by atoms with E-state index in [2.05, 4.69) is 5.32 Å². The normalized spacial score (nSPS) is 22.4. The number of anilines is 1. The number of ether oxygens (including phenoxy) is 1. The van der Waals surface area contributed by atoms with Crippen molar-refractivity contribution in [2.75, 3.05) is 19.0 Å². The molecular formula is C15H22N2O2. The molecule has 0 aliphatic heterocycles. The molecular weight excluding hydrogens is 240 g/mol. The van der Waals surface area contributed by atoms with Crippen LogP contribution in [-0.2, 0) is 16.1 Å². The molecule has 1 fully saturated rings. The van der Waals surface area contributed by atoms with Crippen LogP contribution in [-0.4, -0.2) is 19.6 Å². The van der Waals surface area contributed by atoms with E-state index in [4.69, 9.17) is 10.5 Å². The lowest BCUT2D eigenvalue weighted by Crippen LogP contribution is -2.29. The molecule has 4 nitrogen and oxygen atoms in total. The molecule has 0 aromatic heterocycles. The molecule has 1 aromatic carbocycles. The van der Waals surface area contributed by atoms with E-state index in [1.165, 1.54) is 0 Å². The van der Waals surface area contributed by atoms with Crippen molar-refractivity contribution < 1.29 is 9.53 Å². The molecule has 1 saturated carbocycles. The fraction of sp³-hybridized carbons (Fsp3) is 0.533. The summed E-state index contributed by atoms with van der Waals surface area (Å²) in [5, 5.41) is 3.00. The fourth-order valence-corrected chi connectivity index (χ4v) is 2.80. The highest BCUT2D eigenvalue weighted by atomic mass is 16.5. The summed E-state index contributed by atoms with van der Waals surface area (Å²) < 4.78 is 5.09. The van der Waals surface area contributed by atoms with Gasteiger partial charge in [0.25, 0.3) is 0 Å². The van der Waals surface area contributed by atoms with Crippen molar-refractivity contribution >= 4 is 11.6 Å². The molecule has 19 heavy (non-hydrogen) atoms. The van der Waals surface area contributed by atoms with Crippen LogP contribution >= 0.6 is 0 Å². The van der Waals surface area contributed by atoms with E-state index in [9.17, 15) is 4.79 Å². The minimum atomic E-state index is 0.0658. The van der Waals surface area contributed by atoms with Gasteiger partial charge in [-0.25, -0.2) is 0 Å². The SMILES string of the molecule is COCc1cccc(NC(=O)[C@@H]2CCC[C@@H]2CN)c1. The molecule has 1 aromatic rings. The van der Waals surface area contributed by atoms with Crippen LogP contribution in [0, 0.1) is 11.8 Å². The Bertz CT molecular complexity index is 434. The summed E-state index contributed by atoms with van der Waals surface area (Å²) in [6.45, 7) is 1.15. The third-order valence-electron chi connectivity index (χ3n) is 3.80. The number of amides is 1. The number of nitrogens with two attached hydrogens (primary N) is 1. The Morgan fingerprint density at radius 1 is 1.47 bits per heavy atom. The second-order valence-corrected chi connectivity index (χ2v) is 5.16. The van der Waals surface area contributed by atoms with Gasteiger partial charge in [-0.15, -0.1) is 0 Å². The number of methoxy groups -OCH3 is 1. The van der Waals surface area contributed by atoms with Crippen LogP contribution in [0.2, 0.25) is 0 Å². The van der Waals surface area contributed by atoms with Gasteiger partial charge in [-0.1, -0.05) is 18.6 Å². The molecule has 2 atom stereocenters. The smallest absolute Gasteiger partial charge is 0.227 e. The Kier molecular flexibility index (Phi) is 4.93. The lowest BCUT2D eigenvalue weighted by molar-refractivity contribution is -0.120. The minimum Gasteiger partial charge on any atom is -0.380 e. The Hall–Kier alpha value is -1.39. The first-order valence-electron chi connectivity index (χ1n) is 6.83. The average Bonchev–Trinajstić information content (AvgIpc) is 2.88. The molecule has 1 aliphatic carbocycles. The minimum absolute atomic E-state index is 0.0658. The van der Waals surface area contributed by atoms with Crippen LogP contribution in [0.5, 0.6) is 0 Å². The van der Waals surface area contributed by atoms with E-state index in [-0.39, 0.29) is 11.8 Å².